The van der Waals surface area contributed by atoms with Crippen LogP contribution in [0.25, 0.3) is 77.5 Å². The summed E-state index contributed by atoms with van der Waals surface area (Å²) in [5.41, 5.74) is 24.8. The van der Waals surface area contributed by atoms with Crippen LogP contribution >= 0.6 is 0 Å². The molecule has 1 spiro atoms. The number of rotatable bonds is 4. The maximum Gasteiger partial charge on any atom is 0.159 e. The molecule has 0 radical (unpaired) electrons. The highest BCUT2D eigenvalue weighted by atomic mass is 16.5. The van der Waals surface area contributed by atoms with Gasteiger partial charge in [-0.2, -0.15) is 0 Å². The van der Waals surface area contributed by atoms with Gasteiger partial charge in [0, 0.05) is 27.9 Å². The highest BCUT2D eigenvalue weighted by Crippen LogP contribution is 2.64. The Morgan fingerprint density at radius 2 is 0.786 bits per heavy atom. The summed E-state index contributed by atoms with van der Waals surface area (Å²) >= 11 is 0. The SMILES string of the molecule is CC1(C)c2ccccc2-c2ccc(N(c3ccc4c(c3)C3(c5ccccc5-c5ccccc53)c3ccccc3-4)c3cccc4c3Oc3cc(-c5ccccc5)ccc3-c3cc5ccccc5cc3-4)cc21. The van der Waals surface area contributed by atoms with Crippen LogP contribution in [0.1, 0.15) is 47.2 Å². The molecule has 2 heteroatoms. The fourth-order valence-corrected chi connectivity index (χ4v) is 12.9. The maximum absolute atomic E-state index is 7.60. The first-order valence-corrected chi connectivity index (χ1v) is 24.5. The lowest BCUT2D eigenvalue weighted by atomic mass is 9.70. The molecule has 4 aliphatic rings. The van der Waals surface area contributed by atoms with Gasteiger partial charge in [0.25, 0.3) is 0 Å². The summed E-state index contributed by atoms with van der Waals surface area (Å²) in [5, 5.41) is 2.39. The molecule has 0 N–H and O–H groups in total. The lowest BCUT2D eigenvalue weighted by Gasteiger charge is -2.33. The average molecular weight is 892 g/mol. The smallest absolute Gasteiger partial charge is 0.159 e. The zero-order valence-electron chi connectivity index (χ0n) is 38.9. The molecule has 3 aliphatic carbocycles. The van der Waals surface area contributed by atoms with E-state index in [-0.39, 0.29) is 5.41 Å². The van der Waals surface area contributed by atoms with Gasteiger partial charge in [0.05, 0.1) is 11.1 Å². The molecule has 328 valence electrons. The molecule has 0 aromatic heterocycles. The van der Waals surface area contributed by atoms with Gasteiger partial charge in [0.1, 0.15) is 5.75 Å². The van der Waals surface area contributed by atoms with E-state index >= 15 is 0 Å². The van der Waals surface area contributed by atoms with Crippen molar-refractivity contribution in [3.05, 3.63) is 270 Å². The maximum atomic E-state index is 7.60. The van der Waals surface area contributed by atoms with Gasteiger partial charge in [-0.05, 0) is 154 Å². The van der Waals surface area contributed by atoms with E-state index in [0.717, 1.165) is 61.9 Å². The van der Waals surface area contributed by atoms with Crippen LogP contribution in [0, 0.1) is 0 Å². The van der Waals surface area contributed by atoms with E-state index in [1.54, 1.807) is 0 Å². The molecular weight excluding hydrogens is 847 g/mol. The van der Waals surface area contributed by atoms with Gasteiger partial charge < -0.3 is 9.64 Å². The summed E-state index contributed by atoms with van der Waals surface area (Å²) < 4.78 is 7.60. The standard InChI is InChI=1S/C68H45NO/c1-67(2)58-26-12-8-21-48(58)52-35-32-46(40-62(52)67)69(47-33-36-53-51-24-11-15-29-61(51)68(63(53)41-47)59-27-13-9-22-49(59)50-23-10-14-28-60(50)68)64-30-16-25-55-57-38-44-20-7-6-19-43(44)37-56(57)54-34-31-45(39-65(54)70-66(55)64)42-17-4-3-5-18-42/h3-41H,1-2H3. The minimum atomic E-state index is -0.501. The van der Waals surface area contributed by atoms with Gasteiger partial charge in [0.15, 0.2) is 5.75 Å². The van der Waals surface area contributed by atoms with Crippen LogP contribution in [0.2, 0.25) is 0 Å². The average Bonchev–Trinajstić information content (AvgIpc) is 3.93. The van der Waals surface area contributed by atoms with Crippen molar-refractivity contribution in [2.24, 2.45) is 0 Å². The number of anilines is 3. The summed E-state index contributed by atoms with van der Waals surface area (Å²) in [6.07, 6.45) is 0. The Hall–Kier alpha value is -8.72. The number of nitrogens with zero attached hydrogens (tertiary/aromatic N) is 1. The van der Waals surface area contributed by atoms with Crippen molar-refractivity contribution >= 4 is 27.8 Å². The highest BCUT2D eigenvalue weighted by Gasteiger charge is 2.52. The first kappa shape index (κ1) is 39.3. The van der Waals surface area contributed by atoms with Crippen LogP contribution < -0.4 is 9.64 Å². The van der Waals surface area contributed by atoms with Crippen molar-refractivity contribution in [1.82, 2.24) is 0 Å². The Morgan fingerprint density at radius 1 is 0.314 bits per heavy atom. The predicted octanol–water partition coefficient (Wildman–Crippen LogP) is 18.1. The predicted molar refractivity (Wildman–Crippen MR) is 289 cm³/mol. The van der Waals surface area contributed by atoms with E-state index in [1.807, 2.05) is 0 Å². The number of hydrogen-bond acceptors (Lipinski definition) is 2. The van der Waals surface area contributed by atoms with Gasteiger partial charge in [0.2, 0.25) is 0 Å². The first-order chi connectivity index (χ1) is 34.5. The third-order valence-corrected chi connectivity index (χ3v) is 16.1. The summed E-state index contributed by atoms with van der Waals surface area (Å²) in [7, 11) is 0. The van der Waals surface area contributed by atoms with Gasteiger partial charge in [-0.3, -0.25) is 0 Å². The molecule has 0 saturated heterocycles. The molecule has 0 saturated carbocycles. The van der Waals surface area contributed by atoms with Crippen LogP contribution in [0.5, 0.6) is 11.5 Å². The van der Waals surface area contributed by atoms with Crippen LogP contribution in [-0.2, 0) is 10.8 Å². The molecule has 0 unspecified atom stereocenters. The third-order valence-electron chi connectivity index (χ3n) is 16.1. The Balaban J connectivity index is 1.02. The molecular formula is C68H45NO. The largest absolute Gasteiger partial charge is 0.454 e. The Morgan fingerprint density at radius 3 is 1.41 bits per heavy atom. The highest BCUT2D eigenvalue weighted by molar-refractivity contribution is 6.03. The second-order valence-electron chi connectivity index (χ2n) is 19.9. The van der Waals surface area contributed by atoms with Gasteiger partial charge in [-0.15, -0.1) is 0 Å². The monoisotopic (exact) mass is 891 g/mol. The molecule has 11 aromatic carbocycles. The summed E-state index contributed by atoms with van der Waals surface area (Å²) in [5.74, 6) is 1.65. The van der Waals surface area contributed by atoms with Gasteiger partial charge >= 0.3 is 0 Å². The number of hydrogen-bond donors (Lipinski definition) is 0. The van der Waals surface area contributed by atoms with Crippen molar-refractivity contribution in [2.75, 3.05) is 4.90 Å². The van der Waals surface area contributed by atoms with Crippen LogP contribution in [0.4, 0.5) is 17.1 Å². The van der Waals surface area contributed by atoms with Crippen molar-refractivity contribution < 1.29 is 4.74 Å². The normalized spacial score (nSPS) is 14.2. The molecule has 70 heavy (non-hydrogen) atoms. The molecule has 0 bridgehead atoms. The quantitative estimate of drug-likeness (QED) is 0.175. The molecule has 0 amide bonds. The molecule has 15 rings (SSSR count). The second kappa shape index (κ2) is 14.4. The number of para-hydroxylation sites is 1. The van der Waals surface area contributed by atoms with E-state index < -0.39 is 5.41 Å². The van der Waals surface area contributed by atoms with Crippen LogP contribution in [-0.4, -0.2) is 0 Å². The van der Waals surface area contributed by atoms with Crippen molar-refractivity contribution in [1.29, 1.82) is 0 Å². The minimum absolute atomic E-state index is 0.203. The Labute approximate surface area is 408 Å². The Bertz CT molecular complexity index is 3960. The fourth-order valence-electron chi connectivity index (χ4n) is 12.9. The van der Waals surface area contributed by atoms with E-state index in [9.17, 15) is 0 Å². The summed E-state index contributed by atoms with van der Waals surface area (Å²) in [4.78, 5) is 2.48. The minimum Gasteiger partial charge on any atom is -0.454 e. The van der Waals surface area contributed by atoms with Crippen molar-refractivity contribution in [2.45, 2.75) is 24.7 Å². The zero-order valence-corrected chi connectivity index (χ0v) is 38.9. The van der Waals surface area contributed by atoms with Crippen LogP contribution in [0.15, 0.2) is 237 Å². The fraction of sp³-hybridized carbons (Fsp3) is 0.0588. The molecule has 2 nitrogen and oxygen atoms in total. The number of ether oxygens (including phenoxy) is 1. The topological polar surface area (TPSA) is 12.5 Å². The lowest BCUT2D eigenvalue weighted by molar-refractivity contribution is 0.489. The number of benzene rings is 11. The van der Waals surface area contributed by atoms with Crippen molar-refractivity contribution in [3.63, 3.8) is 0 Å². The number of fused-ring (bicyclic) bond motifs is 19. The van der Waals surface area contributed by atoms with E-state index in [0.29, 0.717) is 0 Å². The van der Waals surface area contributed by atoms with Gasteiger partial charge in [-0.1, -0.05) is 196 Å². The summed E-state index contributed by atoms with van der Waals surface area (Å²) in [6.45, 7) is 4.74. The van der Waals surface area contributed by atoms with Crippen LogP contribution in [0.3, 0.4) is 0 Å². The third kappa shape index (κ3) is 5.28. The lowest BCUT2D eigenvalue weighted by Crippen LogP contribution is -2.26. The zero-order chi connectivity index (χ0) is 46.3. The molecule has 1 aliphatic heterocycles. The van der Waals surface area contributed by atoms with E-state index in [2.05, 4.69) is 255 Å². The molecule has 0 fully saturated rings. The second-order valence-corrected chi connectivity index (χ2v) is 19.9. The summed E-state index contributed by atoms with van der Waals surface area (Å²) in [6, 6.07) is 88.0. The molecule has 11 aromatic rings. The van der Waals surface area contributed by atoms with E-state index in [4.69, 9.17) is 4.74 Å². The molecule has 1 heterocycles. The van der Waals surface area contributed by atoms with E-state index in [1.165, 1.54) is 77.5 Å². The molecule has 0 atom stereocenters. The Kier molecular flexibility index (Phi) is 8.08. The van der Waals surface area contributed by atoms with Gasteiger partial charge in [-0.25, -0.2) is 0 Å². The van der Waals surface area contributed by atoms with Crippen molar-refractivity contribution in [3.8, 4) is 78.3 Å². The first-order valence-electron chi connectivity index (χ1n) is 24.5.